The number of amides is 1. The van der Waals surface area contributed by atoms with Gasteiger partial charge >= 0.3 is 0 Å². The van der Waals surface area contributed by atoms with Crippen LogP contribution in [0.3, 0.4) is 0 Å². The van der Waals surface area contributed by atoms with Crippen molar-refractivity contribution in [3.05, 3.63) is 65.2 Å². The van der Waals surface area contributed by atoms with Crippen molar-refractivity contribution in [3.63, 3.8) is 0 Å². The summed E-state index contributed by atoms with van der Waals surface area (Å²) in [5, 5.41) is 7.72. The zero-order valence-electron chi connectivity index (χ0n) is 14.4. The van der Waals surface area contributed by atoms with Crippen molar-refractivity contribution < 1.29 is 4.79 Å². The van der Waals surface area contributed by atoms with Gasteiger partial charge in [-0.2, -0.15) is 5.10 Å². The van der Waals surface area contributed by atoms with E-state index in [-0.39, 0.29) is 5.91 Å². The molecule has 0 saturated carbocycles. The number of aromatic nitrogens is 4. The van der Waals surface area contributed by atoms with Crippen LogP contribution in [0.2, 0.25) is 0 Å². The highest BCUT2D eigenvalue weighted by Gasteiger charge is 2.12. The van der Waals surface area contributed by atoms with E-state index < -0.39 is 0 Å². The molecule has 128 valence electrons. The summed E-state index contributed by atoms with van der Waals surface area (Å²) in [5.41, 5.74) is 4.13. The number of anilines is 1. The van der Waals surface area contributed by atoms with E-state index in [1.165, 1.54) is 17.3 Å². The molecule has 6 nitrogen and oxygen atoms in total. The summed E-state index contributed by atoms with van der Waals surface area (Å²) in [6.07, 6.45) is 5.33. The van der Waals surface area contributed by atoms with Gasteiger partial charge in [-0.15, -0.1) is 0 Å². The fourth-order valence-corrected chi connectivity index (χ4v) is 2.88. The van der Waals surface area contributed by atoms with Gasteiger partial charge in [-0.1, -0.05) is 41.6 Å². The van der Waals surface area contributed by atoms with Gasteiger partial charge in [0.2, 0.25) is 0 Å². The van der Waals surface area contributed by atoms with Crippen LogP contribution in [-0.4, -0.2) is 31.9 Å². The zero-order valence-corrected chi connectivity index (χ0v) is 15.2. The number of rotatable bonds is 5. The van der Waals surface area contributed by atoms with Crippen molar-refractivity contribution >= 4 is 23.4 Å². The number of carbonyl (C=O) groups excluding carboxylic acids is 1. The molecule has 0 fully saturated rings. The molecule has 2 aromatic heterocycles. The first kappa shape index (κ1) is 17.2. The van der Waals surface area contributed by atoms with Crippen LogP contribution < -0.4 is 5.32 Å². The summed E-state index contributed by atoms with van der Waals surface area (Å²) in [5.74, 6) is -0.268. The molecule has 1 aromatic carbocycles. The van der Waals surface area contributed by atoms with Crippen LogP contribution in [-0.2, 0) is 6.54 Å². The molecular formula is C18H19N5OS. The molecule has 0 aliphatic heterocycles. The molecule has 0 aliphatic carbocycles. The summed E-state index contributed by atoms with van der Waals surface area (Å²) in [7, 11) is 0. The predicted octanol–water partition coefficient (Wildman–Crippen LogP) is 3.31. The van der Waals surface area contributed by atoms with Gasteiger partial charge in [0.1, 0.15) is 5.69 Å². The fourth-order valence-electron chi connectivity index (χ4n) is 2.46. The van der Waals surface area contributed by atoms with Gasteiger partial charge in [-0.25, -0.2) is 9.97 Å². The first-order valence-corrected chi connectivity index (χ1v) is 9.05. The predicted molar refractivity (Wildman–Crippen MR) is 99.0 cm³/mol. The van der Waals surface area contributed by atoms with Gasteiger partial charge < -0.3 is 5.32 Å². The maximum atomic E-state index is 12.4. The van der Waals surface area contributed by atoms with Crippen LogP contribution in [0, 0.1) is 13.8 Å². The van der Waals surface area contributed by atoms with E-state index in [9.17, 15) is 4.79 Å². The van der Waals surface area contributed by atoms with Gasteiger partial charge in [0.05, 0.1) is 18.4 Å². The van der Waals surface area contributed by atoms with Crippen LogP contribution in [0.5, 0.6) is 0 Å². The maximum absolute atomic E-state index is 12.4. The van der Waals surface area contributed by atoms with Gasteiger partial charge in [0.25, 0.3) is 5.91 Å². The minimum atomic E-state index is -0.268. The topological polar surface area (TPSA) is 72.7 Å². The Balaban J connectivity index is 1.70. The Morgan fingerprint density at radius 2 is 2.08 bits per heavy atom. The molecule has 0 radical (unpaired) electrons. The highest BCUT2D eigenvalue weighted by atomic mass is 32.2. The molecular weight excluding hydrogens is 334 g/mol. The van der Waals surface area contributed by atoms with E-state index in [2.05, 4.69) is 45.5 Å². The highest BCUT2D eigenvalue weighted by molar-refractivity contribution is 7.98. The van der Waals surface area contributed by atoms with Crippen molar-refractivity contribution in [2.24, 2.45) is 0 Å². The molecule has 0 aliphatic rings. The number of thioether (sulfide) groups is 1. The molecule has 7 heteroatoms. The molecule has 3 aromatic rings. The summed E-state index contributed by atoms with van der Waals surface area (Å²) >= 11 is 1.41. The van der Waals surface area contributed by atoms with Crippen molar-refractivity contribution in [1.82, 2.24) is 19.7 Å². The molecule has 3 rings (SSSR count). The molecule has 1 N–H and O–H groups in total. The van der Waals surface area contributed by atoms with Gasteiger partial charge in [-0.05, 0) is 31.7 Å². The van der Waals surface area contributed by atoms with Crippen molar-refractivity contribution in [2.45, 2.75) is 25.5 Å². The molecule has 25 heavy (non-hydrogen) atoms. The number of hydrogen-bond acceptors (Lipinski definition) is 5. The van der Waals surface area contributed by atoms with E-state index >= 15 is 0 Å². The molecule has 0 atom stereocenters. The zero-order chi connectivity index (χ0) is 17.8. The number of benzene rings is 1. The number of aryl methyl sites for hydroxylation is 2. The van der Waals surface area contributed by atoms with Crippen molar-refractivity contribution in [1.29, 1.82) is 0 Å². The minimum Gasteiger partial charge on any atom is -0.318 e. The third kappa shape index (κ3) is 4.45. The van der Waals surface area contributed by atoms with Crippen molar-refractivity contribution in [3.8, 4) is 0 Å². The Bertz CT molecular complexity index is 906. The third-order valence-electron chi connectivity index (χ3n) is 3.57. The number of nitrogens with zero attached hydrogens (tertiary/aromatic N) is 4. The number of nitrogens with one attached hydrogen (secondary N) is 1. The number of hydrogen-bond donors (Lipinski definition) is 1. The molecule has 2 heterocycles. The van der Waals surface area contributed by atoms with Crippen LogP contribution in [0.4, 0.5) is 5.69 Å². The highest BCUT2D eigenvalue weighted by Crippen LogP contribution is 2.13. The Morgan fingerprint density at radius 1 is 1.24 bits per heavy atom. The Labute approximate surface area is 150 Å². The summed E-state index contributed by atoms with van der Waals surface area (Å²) in [6, 6.07) is 9.93. The summed E-state index contributed by atoms with van der Waals surface area (Å²) in [4.78, 5) is 20.9. The quantitative estimate of drug-likeness (QED) is 0.563. The lowest BCUT2D eigenvalue weighted by molar-refractivity contribution is 0.102. The van der Waals surface area contributed by atoms with Gasteiger partial charge in [0, 0.05) is 11.9 Å². The van der Waals surface area contributed by atoms with E-state index in [4.69, 9.17) is 0 Å². The standard InChI is InChI=1S/C18H19N5OS/c1-12-5-4-6-14(7-12)10-23-11-15(9-19-23)21-17(24)16-8-13(2)20-18(22-16)25-3/h4-9,11H,10H2,1-3H3,(H,21,24). The van der Waals surface area contributed by atoms with Crippen LogP contribution in [0.15, 0.2) is 47.9 Å². The van der Waals surface area contributed by atoms with Crippen LogP contribution in [0.1, 0.15) is 27.3 Å². The summed E-state index contributed by atoms with van der Waals surface area (Å²) in [6.45, 7) is 4.56. The first-order valence-electron chi connectivity index (χ1n) is 7.82. The second-order valence-electron chi connectivity index (χ2n) is 5.75. The Hall–Kier alpha value is -2.67. The minimum absolute atomic E-state index is 0.268. The largest absolute Gasteiger partial charge is 0.318 e. The normalized spacial score (nSPS) is 10.7. The first-order chi connectivity index (χ1) is 12.0. The molecule has 0 unspecified atom stereocenters. The van der Waals surface area contributed by atoms with E-state index in [1.807, 2.05) is 25.4 Å². The fraction of sp³-hybridized carbons (Fsp3) is 0.222. The lowest BCUT2D eigenvalue weighted by Gasteiger charge is -2.05. The Kier molecular flexibility index (Phi) is 5.14. The average molecular weight is 353 g/mol. The smallest absolute Gasteiger partial charge is 0.274 e. The van der Waals surface area contributed by atoms with Crippen molar-refractivity contribution in [2.75, 3.05) is 11.6 Å². The average Bonchev–Trinajstić information content (AvgIpc) is 3.01. The molecule has 0 bridgehead atoms. The number of carbonyl (C=O) groups is 1. The van der Waals surface area contributed by atoms with E-state index in [1.54, 1.807) is 16.9 Å². The van der Waals surface area contributed by atoms with Crippen LogP contribution in [0.25, 0.3) is 0 Å². The molecule has 0 spiro atoms. The van der Waals surface area contributed by atoms with E-state index in [0.29, 0.717) is 23.1 Å². The second-order valence-corrected chi connectivity index (χ2v) is 6.52. The van der Waals surface area contributed by atoms with Crippen LogP contribution >= 0.6 is 11.8 Å². The van der Waals surface area contributed by atoms with E-state index in [0.717, 1.165) is 11.3 Å². The molecule has 0 saturated heterocycles. The third-order valence-corrected chi connectivity index (χ3v) is 4.11. The van der Waals surface area contributed by atoms with Gasteiger partial charge in [-0.3, -0.25) is 9.48 Å². The Morgan fingerprint density at radius 3 is 2.84 bits per heavy atom. The summed E-state index contributed by atoms with van der Waals surface area (Å²) < 4.78 is 1.79. The lowest BCUT2D eigenvalue weighted by Crippen LogP contribution is -2.14. The molecule has 1 amide bonds. The SMILES string of the molecule is CSc1nc(C)cc(C(=O)Nc2cnn(Cc3cccc(C)c3)c2)n1. The van der Waals surface area contributed by atoms with Gasteiger partial charge in [0.15, 0.2) is 5.16 Å². The monoisotopic (exact) mass is 353 g/mol. The lowest BCUT2D eigenvalue weighted by atomic mass is 10.1. The second kappa shape index (κ2) is 7.48. The maximum Gasteiger partial charge on any atom is 0.274 e.